The highest BCUT2D eigenvalue weighted by molar-refractivity contribution is 5.79. The van der Waals surface area contributed by atoms with Crippen molar-refractivity contribution in [3.05, 3.63) is 29.8 Å². The lowest BCUT2D eigenvalue weighted by molar-refractivity contribution is -0.131. The minimum atomic E-state index is -0.564. The van der Waals surface area contributed by atoms with Crippen LogP contribution in [0.3, 0.4) is 0 Å². The largest absolute Gasteiger partial charge is 0.497 e. The van der Waals surface area contributed by atoms with Gasteiger partial charge in [-0.25, -0.2) is 4.79 Å². The number of likely N-dealkylation sites (tertiary alicyclic amines) is 1. The fourth-order valence-electron chi connectivity index (χ4n) is 3.20. The number of amides is 3. The van der Waals surface area contributed by atoms with Gasteiger partial charge in [-0.05, 0) is 51.3 Å². The van der Waals surface area contributed by atoms with Crippen LogP contribution in [0.1, 0.15) is 45.6 Å². The monoisotopic (exact) mass is 419 g/mol. The Morgan fingerprint density at radius 1 is 1.10 bits per heavy atom. The van der Waals surface area contributed by atoms with Gasteiger partial charge < -0.3 is 25.0 Å². The summed E-state index contributed by atoms with van der Waals surface area (Å²) in [7, 11) is 1.61. The Bertz CT molecular complexity index is 719. The molecular formula is C22H33N3O5. The Labute approximate surface area is 178 Å². The summed E-state index contributed by atoms with van der Waals surface area (Å²) in [5.74, 6) is 0.740. The third-order valence-corrected chi connectivity index (χ3v) is 4.75. The summed E-state index contributed by atoms with van der Waals surface area (Å²) in [6, 6.07) is 7.54. The molecule has 166 valence electrons. The molecule has 0 bridgehead atoms. The van der Waals surface area contributed by atoms with Crippen LogP contribution in [0.2, 0.25) is 0 Å². The molecule has 3 amide bonds. The number of methoxy groups -OCH3 is 1. The number of nitrogens with one attached hydrogen (secondary N) is 2. The van der Waals surface area contributed by atoms with Gasteiger partial charge in [0, 0.05) is 32.1 Å². The van der Waals surface area contributed by atoms with Gasteiger partial charge in [0.1, 0.15) is 11.4 Å². The summed E-state index contributed by atoms with van der Waals surface area (Å²) in [5, 5.41) is 5.56. The molecule has 2 rings (SSSR count). The molecule has 8 heteroatoms. The van der Waals surface area contributed by atoms with Crippen molar-refractivity contribution in [1.82, 2.24) is 15.5 Å². The second-order valence-corrected chi connectivity index (χ2v) is 8.43. The lowest BCUT2D eigenvalue weighted by Crippen LogP contribution is -2.47. The maximum absolute atomic E-state index is 12.5. The molecule has 30 heavy (non-hydrogen) atoms. The number of rotatable bonds is 7. The summed E-state index contributed by atoms with van der Waals surface area (Å²) in [5.41, 5.74) is 0.388. The van der Waals surface area contributed by atoms with Crippen LogP contribution >= 0.6 is 0 Å². The maximum Gasteiger partial charge on any atom is 0.407 e. The van der Waals surface area contributed by atoms with Crippen LogP contribution < -0.4 is 15.4 Å². The van der Waals surface area contributed by atoms with Gasteiger partial charge in [-0.2, -0.15) is 0 Å². The molecule has 0 saturated carbocycles. The van der Waals surface area contributed by atoms with Crippen LogP contribution in [0.4, 0.5) is 4.79 Å². The third kappa shape index (κ3) is 8.31. The van der Waals surface area contributed by atoms with Gasteiger partial charge in [0.25, 0.3) is 0 Å². The number of alkyl carbamates (subject to hydrolysis) is 1. The van der Waals surface area contributed by atoms with Gasteiger partial charge in [0.05, 0.1) is 13.5 Å². The Morgan fingerprint density at radius 2 is 1.73 bits per heavy atom. The Balaban J connectivity index is 1.65. The molecule has 1 aliphatic rings. The van der Waals surface area contributed by atoms with Crippen LogP contribution in [0.5, 0.6) is 5.75 Å². The van der Waals surface area contributed by atoms with Crippen LogP contribution in [-0.2, 0) is 20.7 Å². The van der Waals surface area contributed by atoms with Crippen LogP contribution in [-0.4, -0.2) is 61.2 Å². The van der Waals surface area contributed by atoms with Gasteiger partial charge >= 0.3 is 6.09 Å². The average Bonchev–Trinajstić information content (AvgIpc) is 2.67. The van der Waals surface area contributed by atoms with E-state index in [-0.39, 0.29) is 30.8 Å². The number of piperidine rings is 1. The van der Waals surface area contributed by atoms with Crippen molar-refractivity contribution in [3.8, 4) is 5.75 Å². The first-order chi connectivity index (χ1) is 14.2. The Kier molecular flexibility index (Phi) is 8.50. The molecule has 1 aromatic carbocycles. The van der Waals surface area contributed by atoms with Gasteiger partial charge in [-0.15, -0.1) is 0 Å². The van der Waals surface area contributed by atoms with Crippen molar-refractivity contribution < 1.29 is 23.9 Å². The summed E-state index contributed by atoms with van der Waals surface area (Å²) in [6.45, 7) is 6.82. The van der Waals surface area contributed by atoms with E-state index in [1.54, 1.807) is 27.9 Å². The molecule has 0 spiro atoms. The Morgan fingerprint density at radius 3 is 2.30 bits per heavy atom. The van der Waals surface area contributed by atoms with E-state index in [2.05, 4.69) is 10.6 Å². The fraction of sp³-hybridized carbons (Fsp3) is 0.591. The molecule has 0 unspecified atom stereocenters. The maximum atomic E-state index is 12.5. The SMILES string of the molecule is COc1ccc(CC(=O)N2CCC(NC(=O)CCNC(=O)OC(C)(C)C)CC2)cc1. The first-order valence-electron chi connectivity index (χ1n) is 10.3. The molecule has 0 aromatic heterocycles. The summed E-state index contributed by atoms with van der Waals surface area (Å²) >= 11 is 0. The van der Waals surface area contributed by atoms with Crippen LogP contribution in [0, 0.1) is 0 Å². The lowest BCUT2D eigenvalue weighted by Gasteiger charge is -2.32. The van der Waals surface area contributed by atoms with Crippen molar-refractivity contribution in [3.63, 3.8) is 0 Å². The number of hydrogen-bond donors (Lipinski definition) is 2. The molecule has 8 nitrogen and oxygen atoms in total. The van der Waals surface area contributed by atoms with Crippen molar-refractivity contribution in [2.75, 3.05) is 26.7 Å². The predicted octanol–water partition coefficient (Wildman–Crippen LogP) is 2.26. The number of carbonyl (C=O) groups is 3. The van der Waals surface area contributed by atoms with E-state index in [1.165, 1.54) is 0 Å². The average molecular weight is 420 g/mol. The van der Waals surface area contributed by atoms with Crippen molar-refractivity contribution in [2.45, 2.75) is 58.1 Å². The van der Waals surface area contributed by atoms with Gasteiger partial charge in [-0.1, -0.05) is 12.1 Å². The van der Waals surface area contributed by atoms with Crippen molar-refractivity contribution >= 4 is 17.9 Å². The summed E-state index contributed by atoms with van der Waals surface area (Å²) < 4.78 is 10.3. The number of ether oxygens (including phenoxy) is 2. The quantitative estimate of drug-likeness (QED) is 0.707. The highest BCUT2D eigenvalue weighted by atomic mass is 16.6. The molecular weight excluding hydrogens is 386 g/mol. The molecule has 2 N–H and O–H groups in total. The third-order valence-electron chi connectivity index (χ3n) is 4.75. The van der Waals surface area contributed by atoms with Crippen LogP contribution in [0.15, 0.2) is 24.3 Å². The molecule has 1 aromatic rings. The second kappa shape index (κ2) is 10.8. The molecule has 0 atom stereocenters. The highest BCUT2D eigenvalue weighted by Crippen LogP contribution is 2.15. The zero-order valence-corrected chi connectivity index (χ0v) is 18.3. The molecule has 1 heterocycles. The van der Waals surface area contributed by atoms with E-state index < -0.39 is 11.7 Å². The van der Waals surface area contributed by atoms with E-state index >= 15 is 0 Å². The van der Waals surface area contributed by atoms with Gasteiger partial charge in [-0.3, -0.25) is 9.59 Å². The summed E-state index contributed by atoms with van der Waals surface area (Å²) in [4.78, 5) is 38.0. The van der Waals surface area contributed by atoms with E-state index in [0.29, 0.717) is 19.5 Å². The van der Waals surface area contributed by atoms with E-state index in [0.717, 1.165) is 24.2 Å². The molecule has 1 saturated heterocycles. The standard InChI is InChI=1S/C22H33N3O5/c1-22(2,3)30-21(28)23-12-9-19(26)24-17-10-13-25(14-11-17)20(27)15-16-5-7-18(29-4)8-6-16/h5-8,17H,9-15H2,1-4H3,(H,23,28)(H,24,26). The minimum absolute atomic E-state index is 0.0454. The molecule has 1 aliphatic heterocycles. The first-order valence-corrected chi connectivity index (χ1v) is 10.3. The van der Waals surface area contributed by atoms with Gasteiger partial charge in [0.15, 0.2) is 0 Å². The number of nitrogens with zero attached hydrogens (tertiary/aromatic N) is 1. The molecule has 0 aliphatic carbocycles. The normalized spacial score (nSPS) is 14.7. The smallest absolute Gasteiger partial charge is 0.407 e. The van der Waals surface area contributed by atoms with E-state index in [1.807, 2.05) is 29.2 Å². The fourth-order valence-corrected chi connectivity index (χ4v) is 3.20. The Hall–Kier alpha value is -2.77. The van der Waals surface area contributed by atoms with Gasteiger partial charge in [0.2, 0.25) is 11.8 Å². The van der Waals surface area contributed by atoms with E-state index in [9.17, 15) is 14.4 Å². The lowest BCUT2D eigenvalue weighted by atomic mass is 10.0. The summed E-state index contributed by atoms with van der Waals surface area (Å²) in [6.07, 6.45) is 1.46. The number of benzene rings is 1. The van der Waals surface area contributed by atoms with E-state index in [4.69, 9.17) is 9.47 Å². The number of hydrogen-bond acceptors (Lipinski definition) is 5. The van der Waals surface area contributed by atoms with Crippen molar-refractivity contribution in [2.24, 2.45) is 0 Å². The zero-order valence-electron chi connectivity index (χ0n) is 18.3. The second-order valence-electron chi connectivity index (χ2n) is 8.43. The van der Waals surface area contributed by atoms with Crippen LogP contribution in [0.25, 0.3) is 0 Å². The highest BCUT2D eigenvalue weighted by Gasteiger charge is 2.24. The molecule has 1 fully saturated rings. The van der Waals surface area contributed by atoms with Crippen molar-refractivity contribution in [1.29, 1.82) is 0 Å². The number of carbonyl (C=O) groups excluding carboxylic acids is 3. The molecule has 0 radical (unpaired) electrons. The predicted molar refractivity (Wildman–Crippen MR) is 113 cm³/mol. The zero-order chi connectivity index (χ0) is 22.1. The first kappa shape index (κ1) is 23.5. The topological polar surface area (TPSA) is 97.0 Å². The minimum Gasteiger partial charge on any atom is -0.497 e.